The lowest BCUT2D eigenvalue weighted by Crippen LogP contribution is -2.46. The Kier molecular flexibility index (Phi) is 7.11. The molecular weight excluding hydrogens is 335 g/mol. The molecule has 0 spiro atoms. The maximum atomic E-state index is 13.2. The minimum atomic E-state index is -0.373. The van der Waals surface area contributed by atoms with Gasteiger partial charge in [0.25, 0.3) is 0 Å². The Morgan fingerprint density at radius 2 is 1.65 bits per heavy atom. The highest BCUT2D eigenvalue weighted by Crippen LogP contribution is 2.10. The van der Waals surface area contributed by atoms with E-state index < -0.39 is 0 Å². The first-order chi connectivity index (χ1) is 12.2. The van der Waals surface area contributed by atoms with E-state index in [1.165, 1.54) is 12.1 Å². The van der Waals surface area contributed by atoms with E-state index in [1.807, 2.05) is 20.8 Å². The van der Waals surface area contributed by atoms with E-state index >= 15 is 0 Å². The van der Waals surface area contributed by atoms with Gasteiger partial charge in [-0.2, -0.15) is 0 Å². The van der Waals surface area contributed by atoms with E-state index in [1.54, 1.807) is 12.1 Å². The number of nitrogens with zero attached hydrogens (tertiary/aromatic N) is 2. The smallest absolute Gasteiger partial charge is 0.238 e. The molecule has 0 saturated carbocycles. The van der Waals surface area contributed by atoms with Crippen LogP contribution in [0.25, 0.3) is 0 Å². The highest BCUT2D eigenvalue weighted by Gasteiger charge is 2.20. The van der Waals surface area contributed by atoms with Gasteiger partial charge in [-0.15, -0.1) is 0 Å². The maximum absolute atomic E-state index is 13.2. The molecule has 2 rings (SSSR count). The maximum Gasteiger partial charge on any atom is 0.238 e. The third kappa shape index (κ3) is 7.49. The molecule has 0 aliphatic carbocycles. The van der Waals surface area contributed by atoms with Crippen molar-refractivity contribution in [3.63, 3.8) is 0 Å². The van der Waals surface area contributed by atoms with Gasteiger partial charge in [0.05, 0.1) is 13.1 Å². The zero-order valence-corrected chi connectivity index (χ0v) is 15.8. The van der Waals surface area contributed by atoms with Crippen molar-refractivity contribution in [3.8, 4) is 0 Å². The Bertz CT molecular complexity index is 630. The zero-order chi connectivity index (χ0) is 19.2. The quantitative estimate of drug-likeness (QED) is 0.835. The topological polar surface area (TPSA) is 64.7 Å². The number of hydrogen-bond acceptors (Lipinski definition) is 4. The van der Waals surface area contributed by atoms with Crippen LogP contribution < -0.4 is 10.6 Å². The number of anilines is 1. The van der Waals surface area contributed by atoms with Crippen molar-refractivity contribution >= 4 is 17.5 Å². The van der Waals surface area contributed by atoms with Gasteiger partial charge < -0.3 is 10.6 Å². The van der Waals surface area contributed by atoms with E-state index in [-0.39, 0.29) is 29.7 Å². The van der Waals surface area contributed by atoms with Gasteiger partial charge in [-0.3, -0.25) is 19.4 Å². The van der Waals surface area contributed by atoms with Gasteiger partial charge in [-0.05, 0) is 58.5 Å². The standard InChI is InChI=1S/C19H29FN4O2/c1-19(2,3)22-18(26)14-24-9-5-8-23(10-11-24)13-17(25)21-16-7-4-6-15(20)12-16/h4,6-7,12H,5,8-11,13-14H2,1-3H3,(H,21,25)(H,22,26). The van der Waals surface area contributed by atoms with Crippen molar-refractivity contribution in [2.75, 3.05) is 44.6 Å². The summed E-state index contributed by atoms with van der Waals surface area (Å²) in [6.07, 6.45) is 0.899. The number of halogens is 1. The summed E-state index contributed by atoms with van der Waals surface area (Å²) < 4.78 is 13.2. The Labute approximate surface area is 154 Å². The molecule has 1 aliphatic rings. The summed E-state index contributed by atoms with van der Waals surface area (Å²) in [6.45, 7) is 9.63. The molecule has 0 aromatic heterocycles. The largest absolute Gasteiger partial charge is 0.350 e. The molecule has 26 heavy (non-hydrogen) atoms. The first kappa shape index (κ1) is 20.3. The minimum Gasteiger partial charge on any atom is -0.350 e. The van der Waals surface area contributed by atoms with Gasteiger partial charge in [0.15, 0.2) is 0 Å². The number of nitrogens with one attached hydrogen (secondary N) is 2. The molecular formula is C19H29FN4O2. The highest BCUT2D eigenvalue weighted by molar-refractivity contribution is 5.92. The molecule has 1 heterocycles. The van der Waals surface area contributed by atoms with Crippen LogP contribution in [0.4, 0.5) is 10.1 Å². The Balaban J connectivity index is 1.77. The Morgan fingerprint density at radius 1 is 1.04 bits per heavy atom. The van der Waals surface area contributed by atoms with Gasteiger partial charge in [0, 0.05) is 24.3 Å². The van der Waals surface area contributed by atoms with E-state index in [4.69, 9.17) is 0 Å². The van der Waals surface area contributed by atoms with Crippen LogP contribution in [0.3, 0.4) is 0 Å². The highest BCUT2D eigenvalue weighted by atomic mass is 19.1. The number of benzene rings is 1. The molecule has 0 atom stereocenters. The molecule has 0 bridgehead atoms. The number of rotatable bonds is 5. The second kappa shape index (κ2) is 9.09. The van der Waals surface area contributed by atoms with Crippen LogP contribution in [0.1, 0.15) is 27.2 Å². The van der Waals surface area contributed by atoms with Gasteiger partial charge in [0.2, 0.25) is 11.8 Å². The summed E-state index contributed by atoms with van der Waals surface area (Å²) >= 11 is 0. The van der Waals surface area contributed by atoms with Crippen LogP contribution >= 0.6 is 0 Å². The SMILES string of the molecule is CC(C)(C)NC(=O)CN1CCCN(CC(=O)Nc2cccc(F)c2)CC1. The zero-order valence-electron chi connectivity index (χ0n) is 15.8. The first-order valence-electron chi connectivity index (χ1n) is 9.02. The fraction of sp³-hybridized carbons (Fsp3) is 0.579. The third-order valence-corrected chi connectivity index (χ3v) is 4.04. The number of carbonyl (C=O) groups is 2. The van der Waals surface area contributed by atoms with Crippen LogP contribution in [0, 0.1) is 5.82 Å². The van der Waals surface area contributed by atoms with Crippen LogP contribution in [-0.4, -0.2) is 66.4 Å². The third-order valence-electron chi connectivity index (χ3n) is 4.04. The normalized spacial score (nSPS) is 16.8. The van der Waals surface area contributed by atoms with E-state index in [9.17, 15) is 14.0 Å². The molecule has 2 amide bonds. The molecule has 0 unspecified atom stereocenters. The lowest BCUT2D eigenvalue weighted by atomic mass is 10.1. The minimum absolute atomic E-state index is 0.0230. The predicted octanol–water partition coefficient (Wildman–Crippen LogP) is 1.69. The average Bonchev–Trinajstić information content (AvgIpc) is 2.70. The van der Waals surface area contributed by atoms with Crippen molar-refractivity contribution in [2.24, 2.45) is 0 Å². The van der Waals surface area contributed by atoms with E-state index in [0.29, 0.717) is 12.2 Å². The van der Waals surface area contributed by atoms with Crippen LogP contribution in [0.2, 0.25) is 0 Å². The second-order valence-electron chi connectivity index (χ2n) is 7.76. The van der Waals surface area contributed by atoms with E-state index in [0.717, 1.165) is 32.6 Å². The molecule has 2 N–H and O–H groups in total. The van der Waals surface area contributed by atoms with Crippen molar-refractivity contribution < 1.29 is 14.0 Å². The lowest BCUT2D eigenvalue weighted by Gasteiger charge is -2.25. The van der Waals surface area contributed by atoms with Crippen LogP contribution in [0.5, 0.6) is 0 Å². The number of hydrogen-bond donors (Lipinski definition) is 2. The lowest BCUT2D eigenvalue weighted by molar-refractivity contribution is -0.123. The summed E-state index contributed by atoms with van der Waals surface area (Å²) in [5, 5.41) is 5.69. The Morgan fingerprint density at radius 3 is 2.23 bits per heavy atom. The molecule has 1 aromatic rings. The summed E-state index contributed by atoms with van der Waals surface area (Å²) in [5.74, 6) is -0.508. The molecule has 1 fully saturated rings. The summed E-state index contributed by atoms with van der Waals surface area (Å²) in [4.78, 5) is 28.4. The molecule has 0 radical (unpaired) electrons. The monoisotopic (exact) mass is 364 g/mol. The molecule has 6 nitrogen and oxygen atoms in total. The second-order valence-corrected chi connectivity index (χ2v) is 7.76. The van der Waals surface area contributed by atoms with Gasteiger partial charge in [0.1, 0.15) is 5.82 Å². The van der Waals surface area contributed by atoms with Gasteiger partial charge in [-0.1, -0.05) is 6.07 Å². The number of carbonyl (C=O) groups excluding carboxylic acids is 2. The van der Waals surface area contributed by atoms with Gasteiger partial charge >= 0.3 is 0 Å². The molecule has 7 heteroatoms. The predicted molar refractivity (Wildman–Crippen MR) is 100 cm³/mol. The summed E-state index contributed by atoms with van der Waals surface area (Å²) in [6, 6.07) is 5.88. The van der Waals surface area contributed by atoms with Crippen molar-refractivity contribution in [1.82, 2.24) is 15.1 Å². The fourth-order valence-electron chi connectivity index (χ4n) is 2.97. The van der Waals surface area contributed by atoms with Crippen LogP contribution in [0.15, 0.2) is 24.3 Å². The molecule has 1 saturated heterocycles. The average molecular weight is 364 g/mol. The van der Waals surface area contributed by atoms with E-state index in [2.05, 4.69) is 20.4 Å². The van der Waals surface area contributed by atoms with Crippen LogP contribution in [-0.2, 0) is 9.59 Å². The Hall–Kier alpha value is -1.99. The fourth-order valence-corrected chi connectivity index (χ4v) is 2.97. The van der Waals surface area contributed by atoms with Crippen molar-refractivity contribution in [1.29, 1.82) is 0 Å². The first-order valence-corrected chi connectivity index (χ1v) is 9.02. The molecule has 144 valence electrons. The molecule has 1 aliphatic heterocycles. The summed E-state index contributed by atoms with van der Waals surface area (Å²) in [7, 11) is 0. The van der Waals surface area contributed by atoms with Crippen molar-refractivity contribution in [2.45, 2.75) is 32.7 Å². The van der Waals surface area contributed by atoms with Crippen molar-refractivity contribution in [3.05, 3.63) is 30.1 Å². The van der Waals surface area contributed by atoms with Gasteiger partial charge in [-0.25, -0.2) is 4.39 Å². The summed E-state index contributed by atoms with van der Waals surface area (Å²) in [5.41, 5.74) is 0.231. The molecule has 1 aromatic carbocycles. The number of amides is 2.